The first-order chi connectivity index (χ1) is 33.0. The van der Waals surface area contributed by atoms with Crippen molar-refractivity contribution in [2.24, 2.45) is 5.92 Å². The van der Waals surface area contributed by atoms with Crippen LogP contribution in [0, 0.1) is 5.92 Å². The van der Waals surface area contributed by atoms with Crippen LogP contribution in [0.4, 0.5) is 0 Å². The number of hydrogen-bond acceptors (Lipinski definition) is 12. The SMILES string of the molecule is CCCCCC(C(=O)NCNC(=O)c1ccc(-c2ccc(C(=O)NC(CC(=O)OCc3ccccc3)C(=O)OCc3ccccc3)c(OCC)c2)o1)[C@@H](CC)N(C=O)OC(C)=O.c1ccccc1. The molecular formula is C52H60N4O12. The summed E-state index contributed by atoms with van der Waals surface area (Å²) in [7, 11) is 0. The molecule has 1 aromatic heterocycles. The average molecular weight is 933 g/mol. The molecule has 0 saturated carbocycles. The fourth-order valence-corrected chi connectivity index (χ4v) is 6.86. The summed E-state index contributed by atoms with van der Waals surface area (Å²) >= 11 is 0. The normalized spacial score (nSPS) is 11.8. The average Bonchev–Trinajstić information content (AvgIpc) is 3.86. The molecule has 16 nitrogen and oxygen atoms in total. The third-order valence-electron chi connectivity index (χ3n) is 10.2. The molecule has 68 heavy (non-hydrogen) atoms. The van der Waals surface area contributed by atoms with Crippen molar-refractivity contribution < 1.29 is 57.0 Å². The summed E-state index contributed by atoms with van der Waals surface area (Å²) in [5.41, 5.74) is 1.97. The molecule has 0 aliphatic rings. The van der Waals surface area contributed by atoms with E-state index in [1.165, 1.54) is 25.1 Å². The maximum Gasteiger partial charge on any atom is 0.329 e. The van der Waals surface area contributed by atoms with Gasteiger partial charge in [0.05, 0.1) is 37.2 Å². The Morgan fingerprint density at radius 3 is 1.91 bits per heavy atom. The zero-order chi connectivity index (χ0) is 49.1. The minimum absolute atomic E-state index is 0.0241. The fourth-order valence-electron chi connectivity index (χ4n) is 6.86. The summed E-state index contributed by atoms with van der Waals surface area (Å²) in [6.45, 7) is 6.50. The summed E-state index contributed by atoms with van der Waals surface area (Å²) in [5.74, 6) is -4.43. The van der Waals surface area contributed by atoms with E-state index in [4.69, 9.17) is 23.5 Å². The molecule has 0 saturated heterocycles. The summed E-state index contributed by atoms with van der Waals surface area (Å²) < 4.78 is 22.5. The molecule has 0 fully saturated rings. The summed E-state index contributed by atoms with van der Waals surface area (Å²) in [5, 5.41) is 8.76. The highest BCUT2D eigenvalue weighted by molar-refractivity contribution is 6.00. The number of rotatable bonds is 25. The third kappa shape index (κ3) is 17.6. The maximum absolute atomic E-state index is 13.7. The lowest BCUT2D eigenvalue weighted by molar-refractivity contribution is -0.202. The number of esters is 2. The lowest BCUT2D eigenvalue weighted by Crippen LogP contribution is -2.48. The molecule has 360 valence electrons. The Bertz CT molecular complexity index is 2330. The van der Waals surface area contributed by atoms with Crippen molar-refractivity contribution in [2.45, 2.75) is 91.5 Å². The fraction of sp³-hybridized carbons (Fsp3) is 0.327. The largest absolute Gasteiger partial charge is 0.493 e. The number of hydrogen-bond donors (Lipinski definition) is 3. The second kappa shape index (κ2) is 29.0. The van der Waals surface area contributed by atoms with E-state index >= 15 is 0 Å². The molecule has 3 N–H and O–H groups in total. The summed E-state index contributed by atoms with van der Waals surface area (Å²) in [6, 6.07) is 35.4. The topological polar surface area (TPSA) is 209 Å². The first-order valence-corrected chi connectivity index (χ1v) is 22.5. The molecule has 16 heteroatoms. The first kappa shape index (κ1) is 52.9. The number of furan rings is 1. The van der Waals surface area contributed by atoms with Crippen molar-refractivity contribution in [2.75, 3.05) is 13.3 Å². The lowest BCUT2D eigenvalue weighted by Gasteiger charge is -2.31. The zero-order valence-corrected chi connectivity index (χ0v) is 38.9. The van der Waals surface area contributed by atoms with Crippen LogP contribution >= 0.6 is 0 Å². The number of carbonyl (C=O) groups is 7. The Hall–Kier alpha value is -7.75. The molecular weight excluding hydrogens is 873 g/mol. The first-order valence-electron chi connectivity index (χ1n) is 22.5. The maximum atomic E-state index is 13.7. The quantitative estimate of drug-likeness (QED) is 0.0169. The van der Waals surface area contributed by atoms with Gasteiger partial charge in [-0.1, -0.05) is 136 Å². The van der Waals surface area contributed by atoms with Crippen LogP contribution in [0.25, 0.3) is 11.3 Å². The van der Waals surface area contributed by atoms with Gasteiger partial charge in [0.15, 0.2) is 5.76 Å². The highest BCUT2D eigenvalue weighted by Crippen LogP contribution is 2.30. The number of hydroxylamine groups is 2. The van der Waals surface area contributed by atoms with Crippen LogP contribution in [0.1, 0.15) is 98.3 Å². The van der Waals surface area contributed by atoms with Crippen molar-refractivity contribution in [3.8, 4) is 17.1 Å². The van der Waals surface area contributed by atoms with Gasteiger partial charge in [-0.15, -0.1) is 0 Å². The van der Waals surface area contributed by atoms with E-state index in [1.807, 2.05) is 55.5 Å². The lowest BCUT2D eigenvalue weighted by atomic mass is 9.90. The highest BCUT2D eigenvalue weighted by Gasteiger charge is 2.33. The van der Waals surface area contributed by atoms with Crippen LogP contribution in [0.5, 0.6) is 5.75 Å². The van der Waals surface area contributed by atoms with Gasteiger partial charge in [-0.25, -0.2) is 4.79 Å². The molecule has 4 amide bonds. The predicted molar refractivity (Wildman–Crippen MR) is 252 cm³/mol. The van der Waals surface area contributed by atoms with Crippen molar-refractivity contribution in [1.82, 2.24) is 21.0 Å². The van der Waals surface area contributed by atoms with Crippen LogP contribution in [-0.4, -0.2) is 72.5 Å². The van der Waals surface area contributed by atoms with Crippen molar-refractivity contribution in [3.05, 3.63) is 150 Å². The smallest absolute Gasteiger partial charge is 0.329 e. The van der Waals surface area contributed by atoms with E-state index in [2.05, 4.69) is 16.0 Å². The van der Waals surface area contributed by atoms with E-state index < -0.39 is 60.1 Å². The Kier molecular flexibility index (Phi) is 22.6. The minimum atomic E-state index is -1.40. The highest BCUT2D eigenvalue weighted by atomic mass is 16.7. The van der Waals surface area contributed by atoms with Crippen LogP contribution in [0.15, 0.2) is 132 Å². The zero-order valence-electron chi connectivity index (χ0n) is 38.9. The van der Waals surface area contributed by atoms with Crippen molar-refractivity contribution in [3.63, 3.8) is 0 Å². The monoisotopic (exact) mass is 932 g/mol. The van der Waals surface area contributed by atoms with Crippen LogP contribution in [0.2, 0.25) is 0 Å². The Morgan fingerprint density at radius 2 is 1.34 bits per heavy atom. The molecule has 0 aliphatic carbocycles. The van der Waals surface area contributed by atoms with Crippen LogP contribution in [0.3, 0.4) is 0 Å². The van der Waals surface area contributed by atoms with E-state index in [0.29, 0.717) is 36.8 Å². The molecule has 0 aliphatic heterocycles. The van der Waals surface area contributed by atoms with Gasteiger partial charge < -0.3 is 39.4 Å². The van der Waals surface area contributed by atoms with Gasteiger partial charge in [0, 0.05) is 12.5 Å². The molecule has 0 spiro atoms. The van der Waals surface area contributed by atoms with Crippen molar-refractivity contribution in [1.29, 1.82) is 0 Å². The molecule has 4 aromatic carbocycles. The van der Waals surface area contributed by atoms with Gasteiger partial charge in [-0.05, 0) is 55.2 Å². The van der Waals surface area contributed by atoms with Gasteiger partial charge in [0.1, 0.15) is 30.8 Å². The number of unbranched alkanes of at least 4 members (excludes halogenated alkanes) is 2. The van der Waals surface area contributed by atoms with E-state index in [-0.39, 0.29) is 49.3 Å². The van der Waals surface area contributed by atoms with Gasteiger partial charge in [0.25, 0.3) is 11.8 Å². The number of nitrogens with zero attached hydrogens (tertiary/aromatic N) is 1. The summed E-state index contributed by atoms with van der Waals surface area (Å²) in [6.07, 6.45) is 3.11. The Balaban J connectivity index is 0.00000155. The van der Waals surface area contributed by atoms with Crippen LogP contribution < -0.4 is 20.7 Å². The number of nitrogens with one attached hydrogen (secondary N) is 3. The van der Waals surface area contributed by atoms with Gasteiger partial charge in [-0.3, -0.25) is 28.8 Å². The second-order valence-corrected chi connectivity index (χ2v) is 15.3. The molecule has 0 radical (unpaired) electrons. The van der Waals surface area contributed by atoms with Gasteiger partial charge >= 0.3 is 17.9 Å². The number of carbonyl (C=O) groups excluding carboxylic acids is 7. The molecule has 1 heterocycles. The Morgan fingerprint density at radius 1 is 0.721 bits per heavy atom. The number of benzene rings is 4. The van der Waals surface area contributed by atoms with E-state index in [1.54, 1.807) is 74.5 Å². The number of amides is 4. The van der Waals surface area contributed by atoms with Crippen molar-refractivity contribution >= 4 is 42.0 Å². The summed E-state index contributed by atoms with van der Waals surface area (Å²) in [4.78, 5) is 94.8. The molecule has 3 atom stereocenters. The second-order valence-electron chi connectivity index (χ2n) is 15.3. The van der Waals surface area contributed by atoms with Crippen LogP contribution in [-0.2, 0) is 51.5 Å². The Labute approximate surface area is 396 Å². The van der Waals surface area contributed by atoms with Gasteiger partial charge in [0.2, 0.25) is 12.3 Å². The van der Waals surface area contributed by atoms with Gasteiger partial charge in [-0.2, -0.15) is 5.06 Å². The molecule has 2 unspecified atom stereocenters. The molecule has 5 aromatic rings. The minimum Gasteiger partial charge on any atom is -0.493 e. The molecule has 0 bridgehead atoms. The standard InChI is InChI=1S/C46H54N4O12.C6H6/c1-5-8-11-20-35(38(6-2)50(30-51)62-31(4)52)43(54)47-29-48-45(56)40-24-23-39(61-40)34-21-22-36(41(25-34)58-7-3)44(55)49-37(46(57)60-28-33-18-14-10-15-19-33)26-42(53)59-27-32-16-12-9-13-17-32;1-2-4-6-5-3-1/h9-10,12-19,21-25,30,35,37-38H,5-8,11,20,26-29H2,1-4H3,(H,47,54)(H,48,56)(H,49,55);1-6H/t35?,37?,38-;/m1./s1. The third-order valence-corrected chi connectivity index (χ3v) is 10.2. The van der Waals surface area contributed by atoms with E-state index in [0.717, 1.165) is 23.5 Å². The van der Waals surface area contributed by atoms with E-state index in [9.17, 15) is 33.6 Å². The predicted octanol–water partition coefficient (Wildman–Crippen LogP) is 7.72. The molecule has 5 rings (SSSR count). The number of ether oxygens (including phenoxy) is 3.